The number of ether oxygens (including phenoxy) is 2. The van der Waals surface area contributed by atoms with Crippen molar-refractivity contribution in [3.63, 3.8) is 0 Å². The maximum Gasteiger partial charge on any atom is 0.269 e. The van der Waals surface area contributed by atoms with Gasteiger partial charge in [0.25, 0.3) is 5.56 Å². The van der Waals surface area contributed by atoms with E-state index in [1.54, 1.807) is 22.8 Å². The number of ketones is 1. The van der Waals surface area contributed by atoms with Gasteiger partial charge in [0.1, 0.15) is 17.3 Å². The second kappa shape index (κ2) is 11.8. The molecule has 2 aromatic carbocycles. The van der Waals surface area contributed by atoms with Crippen molar-refractivity contribution in [2.24, 2.45) is 5.41 Å². The third kappa shape index (κ3) is 6.78. The first kappa shape index (κ1) is 28.6. The van der Waals surface area contributed by atoms with E-state index in [0.717, 1.165) is 5.56 Å². The SMILES string of the molecule is COCOC(C)c1cc(F)c(/C=c2/s/c(=C\C(=O)C(C)(C)C)n(Cc3cccc(C4CC4)c3)c2=O)cc1Br. The van der Waals surface area contributed by atoms with E-state index in [9.17, 15) is 9.59 Å². The minimum Gasteiger partial charge on any atom is -0.359 e. The summed E-state index contributed by atoms with van der Waals surface area (Å²) in [6.07, 6.45) is 5.09. The summed E-state index contributed by atoms with van der Waals surface area (Å²) in [5.74, 6) is 0.0523. The van der Waals surface area contributed by atoms with Gasteiger partial charge in [-0.05, 0) is 60.6 Å². The van der Waals surface area contributed by atoms with E-state index in [0.29, 0.717) is 31.7 Å². The van der Waals surface area contributed by atoms with Gasteiger partial charge in [-0.25, -0.2) is 4.39 Å². The van der Waals surface area contributed by atoms with Crippen LogP contribution in [-0.2, 0) is 20.8 Å². The highest BCUT2D eigenvalue weighted by molar-refractivity contribution is 9.10. The number of carbonyl (C=O) groups excluding carboxylic acids is 1. The Bertz CT molecular complexity index is 1510. The van der Waals surface area contributed by atoms with Crippen LogP contribution < -0.4 is 14.8 Å². The largest absolute Gasteiger partial charge is 0.359 e. The van der Waals surface area contributed by atoms with Gasteiger partial charge in [0.15, 0.2) is 5.78 Å². The van der Waals surface area contributed by atoms with E-state index < -0.39 is 11.2 Å². The molecule has 1 aromatic heterocycles. The number of methoxy groups -OCH3 is 1. The highest BCUT2D eigenvalue weighted by Gasteiger charge is 2.24. The summed E-state index contributed by atoms with van der Waals surface area (Å²) in [5, 5.41) is 0. The molecule has 4 rings (SSSR count). The van der Waals surface area contributed by atoms with Gasteiger partial charge < -0.3 is 9.47 Å². The molecule has 0 bridgehead atoms. The Labute approximate surface area is 234 Å². The number of halogens is 2. The van der Waals surface area contributed by atoms with E-state index in [1.807, 2.05) is 39.8 Å². The van der Waals surface area contributed by atoms with Crippen LogP contribution in [0.2, 0.25) is 0 Å². The summed E-state index contributed by atoms with van der Waals surface area (Å²) >= 11 is 4.71. The summed E-state index contributed by atoms with van der Waals surface area (Å²) in [6.45, 7) is 7.78. The first-order valence-electron chi connectivity index (χ1n) is 12.6. The normalized spacial score (nSPS) is 15.8. The molecule has 1 atom stereocenters. The Morgan fingerprint density at radius 3 is 2.66 bits per heavy atom. The third-order valence-corrected chi connectivity index (χ3v) is 8.29. The molecule has 3 aromatic rings. The van der Waals surface area contributed by atoms with Crippen molar-refractivity contribution in [1.29, 1.82) is 0 Å². The number of aromatic nitrogens is 1. The van der Waals surface area contributed by atoms with Crippen molar-refractivity contribution in [1.82, 2.24) is 4.57 Å². The molecule has 202 valence electrons. The zero-order valence-corrected chi connectivity index (χ0v) is 24.7. The highest BCUT2D eigenvalue weighted by Crippen LogP contribution is 2.40. The second-order valence-corrected chi connectivity index (χ2v) is 12.6. The fraction of sp³-hybridized carbons (Fsp3) is 0.400. The van der Waals surface area contributed by atoms with Crippen molar-refractivity contribution in [3.8, 4) is 0 Å². The average molecular weight is 603 g/mol. The van der Waals surface area contributed by atoms with Crippen LogP contribution >= 0.6 is 27.3 Å². The van der Waals surface area contributed by atoms with E-state index in [2.05, 4.69) is 28.1 Å². The van der Waals surface area contributed by atoms with E-state index in [4.69, 9.17) is 9.47 Å². The molecule has 0 saturated heterocycles. The first-order valence-corrected chi connectivity index (χ1v) is 14.2. The van der Waals surface area contributed by atoms with Crippen LogP contribution in [0.4, 0.5) is 4.39 Å². The number of benzene rings is 2. The number of carbonyl (C=O) groups is 1. The van der Waals surface area contributed by atoms with Crippen LogP contribution in [0.1, 0.15) is 74.8 Å². The standard InChI is InChI=1S/C30H33BrFNO4S/c1-18(37-17-36-5)23-14-25(32)22(12-24(23)31)13-26-29(35)33(28(38-26)15-27(34)30(2,3)4)16-19-7-6-8-21(11-19)20-9-10-20/h6-8,11-15,18,20H,9-10,16-17H2,1-5H3/b26-13+,28-15-. The number of rotatable bonds is 9. The lowest BCUT2D eigenvalue weighted by molar-refractivity contribution is -0.120. The molecule has 0 N–H and O–H groups in total. The third-order valence-electron chi connectivity index (χ3n) is 6.55. The smallest absolute Gasteiger partial charge is 0.269 e. The lowest BCUT2D eigenvalue weighted by Crippen LogP contribution is -2.33. The fourth-order valence-electron chi connectivity index (χ4n) is 4.07. The predicted octanol–water partition coefficient (Wildman–Crippen LogP) is 5.64. The minimum atomic E-state index is -0.588. The summed E-state index contributed by atoms with van der Waals surface area (Å²) in [7, 11) is 1.53. The van der Waals surface area contributed by atoms with Gasteiger partial charge in [0.2, 0.25) is 0 Å². The average Bonchev–Trinajstić information content (AvgIpc) is 3.67. The van der Waals surface area contributed by atoms with Crippen LogP contribution in [0.15, 0.2) is 45.7 Å². The van der Waals surface area contributed by atoms with Crippen LogP contribution in [0.5, 0.6) is 0 Å². The number of hydrogen-bond donors (Lipinski definition) is 0. The Kier molecular flexibility index (Phi) is 8.87. The van der Waals surface area contributed by atoms with Gasteiger partial charge in [0, 0.05) is 28.6 Å². The molecule has 0 radical (unpaired) electrons. The van der Waals surface area contributed by atoms with Crippen LogP contribution in [0, 0.1) is 11.2 Å². The van der Waals surface area contributed by atoms with Gasteiger partial charge in [-0.1, -0.05) is 61.0 Å². The van der Waals surface area contributed by atoms with Crippen molar-refractivity contribution < 1.29 is 18.7 Å². The number of thiazole rings is 1. The molecule has 8 heteroatoms. The lowest BCUT2D eigenvalue weighted by atomic mass is 9.91. The quantitative estimate of drug-likeness (QED) is 0.298. The highest BCUT2D eigenvalue weighted by atomic mass is 79.9. The fourth-order valence-corrected chi connectivity index (χ4v) is 5.78. The van der Waals surface area contributed by atoms with Gasteiger partial charge in [-0.2, -0.15) is 0 Å². The Morgan fingerprint density at radius 2 is 2.00 bits per heavy atom. The van der Waals surface area contributed by atoms with Gasteiger partial charge in [-0.3, -0.25) is 14.2 Å². The molecule has 0 spiro atoms. The van der Waals surface area contributed by atoms with E-state index >= 15 is 4.39 Å². The molecule has 1 fully saturated rings. The molecular formula is C30H33BrFNO4S. The maximum atomic E-state index is 15.2. The van der Waals surface area contributed by atoms with Crippen LogP contribution in [0.25, 0.3) is 12.2 Å². The molecule has 1 aliphatic carbocycles. The van der Waals surface area contributed by atoms with Crippen molar-refractivity contribution in [3.05, 3.63) is 88.5 Å². The molecule has 5 nitrogen and oxygen atoms in total. The summed E-state index contributed by atoms with van der Waals surface area (Å²) in [5.41, 5.74) is 2.35. The molecule has 0 aliphatic heterocycles. The van der Waals surface area contributed by atoms with Crippen molar-refractivity contribution in [2.45, 2.75) is 59.1 Å². The molecule has 1 heterocycles. The molecule has 0 amide bonds. The summed E-state index contributed by atoms with van der Waals surface area (Å²) < 4.78 is 28.9. The monoisotopic (exact) mass is 601 g/mol. The molecule has 1 aliphatic rings. The Balaban J connectivity index is 1.79. The first-order chi connectivity index (χ1) is 18.0. The lowest BCUT2D eigenvalue weighted by Gasteiger charge is -2.15. The van der Waals surface area contributed by atoms with Gasteiger partial charge in [-0.15, -0.1) is 11.3 Å². The maximum absolute atomic E-state index is 15.2. The Morgan fingerprint density at radius 1 is 1.26 bits per heavy atom. The summed E-state index contributed by atoms with van der Waals surface area (Å²) in [4.78, 5) is 26.5. The topological polar surface area (TPSA) is 57.5 Å². The predicted molar refractivity (Wildman–Crippen MR) is 153 cm³/mol. The second-order valence-electron chi connectivity index (χ2n) is 10.7. The van der Waals surface area contributed by atoms with Gasteiger partial charge >= 0.3 is 0 Å². The zero-order chi connectivity index (χ0) is 27.6. The van der Waals surface area contributed by atoms with Crippen molar-refractivity contribution in [2.75, 3.05) is 13.9 Å². The number of Topliss-reactive ketones (excluding diaryl/α,β-unsaturated/α-hetero) is 1. The van der Waals surface area contributed by atoms with Crippen molar-refractivity contribution >= 4 is 45.2 Å². The Hall–Kier alpha value is -2.39. The zero-order valence-electron chi connectivity index (χ0n) is 22.3. The molecule has 1 unspecified atom stereocenters. The number of nitrogens with zero attached hydrogens (tertiary/aromatic N) is 1. The van der Waals surface area contributed by atoms with E-state index in [-0.39, 0.29) is 29.8 Å². The minimum absolute atomic E-state index is 0.0749. The molecule has 1 saturated carbocycles. The van der Waals surface area contributed by atoms with Crippen LogP contribution in [0.3, 0.4) is 0 Å². The number of hydrogen-bond acceptors (Lipinski definition) is 5. The van der Waals surface area contributed by atoms with E-state index in [1.165, 1.54) is 42.9 Å². The molecule has 38 heavy (non-hydrogen) atoms. The molecular weight excluding hydrogens is 569 g/mol. The van der Waals surface area contributed by atoms with Gasteiger partial charge in [0.05, 0.1) is 17.2 Å². The summed E-state index contributed by atoms with van der Waals surface area (Å²) in [6, 6.07) is 11.3. The van der Waals surface area contributed by atoms with Crippen LogP contribution in [-0.4, -0.2) is 24.3 Å².